The maximum absolute atomic E-state index is 6.05. The van der Waals surface area contributed by atoms with Crippen LogP contribution in [0, 0.1) is 6.92 Å². The van der Waals surface area contributed by atoms with Gasteiger partial charge in [-0.25, -0.2) is 9.97 Å². The van der Waals surface area contributed by atoms with Gasteiger partial charge in [0.15, 0.2) is 10.9 Å². The highest BCUT2D eigenvalue weighted by Gasteiger charge is 2.20. The Morgan fingerprint density at radius 1 is 1.16 bits per heavy atom. The average Bonchev–Trinajstić information content (AvgIpc) is 2.93. The first-order chi connectivity index (χ1) is 9.24. The van der Waals surface area contributed by atoms with Crippen molar-refractivity contribution in [2.24, 2.45) is 0 Å². The maximum atomic E-state index is 6.05. The Balaban J connectivity index is 1.70. The molecule has 3 rings (SSSR count). The van der Waals surface area contributed by atoms with Crippen LogP contribution in [0.25, 0.3) is 0 Å². The summed E-state index contributed by atoms with van der Waals surface area (Å²) < 4.78 is 0. The fourth-order valence-corrected chi connectivity index (χ4v) is 3.03. The molecule has 5 nitrogen and oxygen atoms in total. The first-order valence-electron chi connectivity index (χ1n) is 6.35. The Bertz CT molecular complexity index is 546. The number of pyridine rings is 1. The Labute approximate surface area is 116 Å². The molecule has 1 fully saturated rings. The molecular weight excluding hydrogens is 258 g/mol. The average molecular weight is 275 g/mol. The second-order valence-corrected chi connectivity index (χ2v) is 5.59. The van der Waals surface area contributed by atoms with Crippen molar-refractivity contribution in [1.82, 2.24) is 9.97 Å². The van der Waals surface area contributed by atoms with Gasteiger partial charge in [-0.1, -0.05) is 0 Å². The van der Waals surface area contributed by atoms with Gasteiger partial charge in [-0.3, -0.25) is 0 Å². The molecule has 100 valence electrons. The number of anilines is 3. The summed E-state index contributed by atoms with van der Waals surface area (Å²) in [6.07, 6.45) is 3.73. The third kappa shape index (κ3) is 2.49. The van der Waals surface area contributed by atoms with Crippen LogP contribution >= 0.6 is 11.3 Å². The standard InChI is InChI=1S/C13H17N5S/c1-10-8-11(14)12(16-9-10)17-3-5-18(6-4-17)13-15-2-7-19-13/h2,7-9H,3-6,14H2,1H3. The molecule has 1 aliphatic rings. The van der Waals surface area contributed by atoms with E-state index in [1.807, 2.05) is 30.8 Å². The van der Waals surface area contributed by atoms with Crippen molar-refractivity contribution < 1.29 is 0 Å². The lowest BCUT2D eigenvalue weighted by atomic mass is 10.2. The quantitative estimate of drug-likeness (QED) is 0.905. The minimum atomic E-state index is 0.766. The zero-order valence-corrected chi connectivity index (χ0v) is 11.7. The van der Waals surface area contributed by atoms with Gasteiger partial charge in [0.2, 0.25) is 0 Å². The Morgan fingerprint density at radius 3 is 2.53 bits per heavy atom. The van der Waals surface area contributed by atoms with Crippen LogP contribution in [0.4, 0.5) is 16.6 Å². The van der Waals surface area contributed by atoms with Crippen molar-refractivity contribution in [2.75, 3.05) is 41.7 Å². The number of piperazine rings is 1. The second kappa shape index (κ2) is 5.05. The third-order valence-corrected chi connectivity index (χ3v) is 4.13. The zero-order chi connectivity index (χ0) is 13.2. The molecule has 2 aromatic rings. The highest BCUT2D eigenvalue weighted by molar-refractivity contribution is 7.13. The smallest absolute Gasteiger partial charge is 0.185 e. The fraction of sp³-hybridized carbons (Fsp3) is 0.385. The maximum Gasteiger partial charge on any atom is 0.185 e. The predicted molar refractivity (Wildman–Crippen MR) is 79.9 cm³/mol. The summed E-state index contributed by atoms with van der Waals surface area (Å²) in [6.45, 7) is 5.79. The van der Waals surface area contributed by atoms with E-state index in [0.717, 1.165) is 48.4 Å². The molecule has 0 radical (unpaired) electrons. The van der Waals surface area contributed by atoms with Crippen molar-refractivity contribution >= 4 is 28.0 Å². The van der Waals surface area contributed by atoms with E-state index in [1.165, 1.54) is 0 Å². The normalized spacial score (nSPS) is 15.8. The minimum absolute atomic E-state index is 0.766. The second-order valence-electron chi connectivity index (χ2n) is 4.71. The van der Waals surface area contributed by atoms with Gasteiger partial charge in [0.05, 0.1) is 5.69 Å². The van der Waals surface area contributed by atoms with Crippen molar-refractivity contribution in [3.63, 3.8) is 0 Å². The van der Waals surface area contributed by atoms with Crippen LogP contribution in [0.3, 0.4) is 0 Å². The van der Waals surface area contributed by atoms with Crippen molar-refractivity contribution in [2.45, 2.75) is 6.92 Å². The topological polar surface area (TPSA) is 58.3 Å². The number of hydrogen-bond acceptors (Lipinski definition) is 6. The van der Waals surface area contributed by atoms with Crippen LogP contribution in [0.2, 0.25) is 0 Å². The van der Waals surface area contributed by atoms with Gasteiger partial charge < -0.3 is 15.5 Å². The molecule has 0 saturated carbocycles. The van der Waals surface area contributed by atoms with E-state index in [4.69, 9.17) is 5.73 Å². The van der Waals surface area contributed by atoms with E-state index < -0.39 is 0 Å². The van der Waals surface area contributed by atoms with Crippen LogP contribution in [0.15, 0.2) is 23.8 Å². The molecule has 0 aromatic carbocycles. The molecule has 0 unspecified atom stereocenters. The number of hydrogen-bond donors (Lipinski definition) is 1. The van der Waals surface area contributed by atoms with Gasteiger partial charge in [-0.15, -0.1) is 11.3 Å². The molecule has 6 heteroatoms. The Morgan fingerprint density at radius 2 is 1.89 bits per heavy atom. The molecule has 0 aliphatic carbocycles. The molecule has 3 heterocycles. The van der Waals surface area contributed by atoms with Crippen LogP contribution in [-0.4, -0.2) is 36.1 Å². The van der Waals surface area contributed by atoms with Crippen molar-refractivity contribution in [3.8, 4) is 0 Å². The van der Waals surface area contributed by atoms with Crippen LogP contribution in [-0.2, 0) is 0 Å². The van der Waals surface area contributed by atoms with E-state index in [-0.39, 0.29) is 0 Å². The van der Waals surface area contributed by atoms with Gasteiger partial charge in [0, 0.05) is 44.0 Å². The molecular formula is C13H17N5S. The van der Waals surface area contributed by atoms with E-state index in [2.05, 4.69) is 19.8 Å². The highest BCUT2D eigenvalue weighted by Crippen LogP contribution is 2.24. The summed E-state index contributed by atoms with van der Waals surface area (Å²) in [4.78, 5) is 13.4. The lowest BCUT2D eigenvalue weighted by molar-refractivity contribution is 0.647. The number of nitrogens with two attached hydrogens (primary N) is 1. The first kappa shape index (κ1) is 12.2. The summed E-state index contributed by atoms with van der Waals surface area (Å²) in [7, 11) is 0. The highest BCUT2D eigenvalue weighted by atomic mass is 32.1. The number of rotatable bonds is 2. The van der Waals surface area contributed by atoms with Gasteiger partial charge >= 0.3 is 0 Å². The number of aryl methyl sites for hydroxylation is 1. The number of aromatic nitrogens is 2. The minimum Gasteiger partial charge on any atom is -0.396 e. The van der Waals surface area contributed by atoms with Crippen molar-refractivity contribution in [1.29, 1.82) is 0 Å². The van der Waals surface area contributed by atoms with Crippen molar-refractivity contribution in [3.05, 3.63) is 29.4 Å². The molecule has 0 amide bonds. The van der Waals surface area contributed by atoms with Gasteiger partial charge in [-0.05, 0) is 18.6 Å². The summed E-state index contributed by atoms with van der Waals surface area (Å²) in [5, 5.41) is 3.12. The SMILES string of the molecule is Cc1cnc(N2CCN(c3nccs3)CC2)c(N)c1. The van der Waals surface area contributed by atoms with E-state index in [9.17, 15) is 0 Å². The fourth-order valence-electron chi connectivity index (χ4n) is 2.33. The lowest BCUT2D eigenvalue weighted by Gasteiger charge is -2.35. The third-order valence-electron chi connectivity index (χ3n) is 3.30. The largest absolute Gasteiger partial charge is 0.396 e. The summed E-state index contributed by atoms with van der Waals surface area (Å²) >= 11 is 1.69. The Kier molecular flexibility index (Phi) is 3.25. The molecule has 0 bridgehead atoms. The van der Waals surface area contributed by atoms with Gasteiger partial charge in [0.25, 0.3) is 0 Å². The Hall–Kier alpha value is -1.82. The molecule has 0 spiro atoms. The van der Waals surface area contributed by atoms with E-state index >= 15 is 0 Å². The van der Waals surface area contributed by atoms with Crippen LogP contribution in [0.1, 0.15) is 5.56 Å². The number of nitrogens with zero attached hydrogens (tertiary/aromatic N) is 4. The van der Waals surface area contributed by atoms with E-state index in [0.29, 0.717) is 0 Å². The first-order valence-corrected chi connectivity index (χ1v) is 7.23. The number of nitrogen functional groups attached to an aromatic ring is 1. The molecule has 2 aromatic heterocycles. The zero-order valence-electron chi connectivity index (χ0n) is 10.9. The summed E-state index contributed by atoms with van der Waals surface area (Å²) in [5.74, 6) is 0.907. The molecule has 2 N–H and O–H groups in total. The molecule has 19 heavy (non-hydrogen) atoms. The molecule has 1 aliphatic heterocycles. The van der Waals surface area contributed by atoms with Crippen LogP contribution in [0.5, 0.6) is 0 Å². The molecule has 1 saturated heterocycles. The van der Waals surface area contributed by atoms with Crippen LogP contribution < -0.4 is 15.5 Å². The summed E-state index contributed by atoms with van der Waals surface area (Å²) in [5.41, 5.74) is 7.92. The lowest BCUT2D eigenvalue weighted by Crippen LogP contribution is -2.47. The predicted octanol–water partition coefficient (Wildman–Crippen LogP) is 1.76. The van der Waals surface area contributed by atoms with Gasteiger partial charge in [-0.2, -0.15) is 0 Å². The molecule has 0 atom stereocenters. The van der Waals surface area contributed by atoms with Gasteiger partial charge in [0.1, 0.15) is 0 Å². The van der Waals surface area contributed by atoms with E-state index in [1.54, 1.807) is 11.3 Å². The number of thiazole rings is 1. The summed E-state index contributed by atoms with van der Waals surface area (Å²) in [6, 6.07) is 1.98. The monoisotopic (exact) mass is 275 g/mol.